The maximum atomic E-state index is 12.3. The van der Waals surface area contributed by atoms with Crippen LogP contribution in [0.15, 0.2) is 24.3 Å². The van der Waals surface area contributed by atoms with Crippen molar-refractivity contribution in [1.82, 2.24) is 0 Å². The van der Waals surface area contributed by atoms with E-state index in [0.717, 1.165) is 19.3 Å². The predicted octanol–water partition coefficient (Wildman–Crippen LogP) is 1.84. The molecule has 1 aliphatic carbocycles. The van der Waals surface area contributed by atoms with E-state index in [-0.39, 0.29) is 17.5 Å². The van der Waals surface area contributed by atoms with Crippen molar-refractivity contribution in [3.8, 4) is 0 Å². The number of hydrogen-bond donors (Lipinski definition) is 3. The Labute approximate surface area is 111 Å². The van der Waals surface area contributed by atoms with Crippen molar-refractivity contribution in [1.29, 1.82) is 0 Å². The average molecular weight is 262 g/mol. The zero-order valence-corrected chi connectivity index (χ0v) is 10.8. The zero-order chi connectivity index (χ0) is 14.0. The van der Waals surface area contributed by atoms with Gasteiger partial charge in [-0.1, -0.05) is 12.5 Å². The Hall–Kier alpha value is -1.88. The average Bonchev–Trinajstić information content (AvgIpc) is 2.71. The first kappa shape index (κ1) is 13.5. The van der Waals surface area contributed by atoms with E-state index < -0.39 is 11.4 Å². The first-order chi connectivity index (χ1) is 8.93. The molecule has 0 saturated heterocycles. The number of hydrogen-bond acceptors (Lipinski definition) is 3. The summed E-state index contributed by atoms with van der Waals surface area (Å²) in [6.07, 6.45) is 2.55. The molecule has 1 saturated carbocycles. The number of carbonyl (C=O) groups is 2. The van der Waals surface area contributed by atoms with Crippen molar-refractivity contribution in [3.05, 3.63) is 29.8 Å². The zero-order valence-electron chi connectivity index (χ0n) is 10.8. The molecule has 1 aromatic carbocycles. The molecular weight excluding hydrogens is 244 g/mol. The van der Waals surface area contributed by atoms with Crippen LogP contribution < -0.4 is 11.1 Å². The Kier molecular flexibility index (Phi) is 3.57. The van der Waals surface area contributed by atoms with Gasteiger partial charge < -0.3 is 16.2 Å². The van der Waals surface area contributed by atoms with Gasteiger partial charge in [-0.25, -0.2) is 4.79 Å². The van der Waals surface area contributed by atoms with Crippen LogP contribution in [0, 0.1) is 5.41 Å². The predicted molar refractivity (Wildman–Crippen MR) is 72.0 cm³/mol. The molecule has 19 heavy (non-hydrogen) atoms. The number of amides is 1. The molecule has 0 bridgehead atoms. The van der Waals surface area contributed by atoms with E-state index in [1.54, 1.807) is 12.1 Å². The second-order valence-corrected chi connectivity index (χ2v) is 5.26. The number of nitrogens with two attached hydrogens (primary N) is 1. The summed E-state index contributed by atoms with van der Waals surface area (Å²) in [6.45, 7) is 1.86. The van der Waals surface area contributed by atoms with E-state index in [2.05, 4.69) is 5.32 Å². The van der Waals surface area contributed by atoms with Gasteiger partial charge in [0.05, 0.1) is 11.0 Å². The molecular formula is C14H18N2O3. The normalized spacial score (nSPS) is 26.1. The molecule has 5 heteroatoms. The molecule has 5 nitrogen and oxygen atoms in total. The Morgan fingerprint density at radius 3 is 2.79 bits per heavy atom. The Morgan fingerprint density at radius 2 is 2.21 bits per heavy atom. The van der Waals surface area contributed by atoms with E-state index in [1.807, 2.05) is 6.92 Å². The van der Waals surface area contributed by atoms with Crippen LogP contribution in [-0.2, 0) is 4.79 Å². The van der Waals surface area contributed by atoms with Crippen LogP contribution in [0.5, 0.6) is 0 Å². The molecule has 0 aliphatic heterocycles. The minimum Gasteiger partial charge on any atom is -0.478 e. The Morgan fingerprint density at radius 1 is 1.47 bits per heavy atom. The van der Waals surface area contributed by atoms with E-state index in [9.17, 15) is 9.59 Å². The number of nitrogens with one attached hydrogen (secondary N) is 1. The molecule has 1 fully saturated rings. The molecule has 2 atom stereocenters. The minimum absolute atomic E-state index is 0.139. The maximum Gasteiger partial charge on any atom is 0.335 e. The Balaban J connectivity index is 2.15. The van der Waals surface area contributed by atoms with Crippen molar-refractivity contribution in [3.63, 3.8) is 0 Å². The highest BCUT2D eigenvalue weighted by atomic mass is 16.4. The standard InChI is InChI=1S/C14H18N2O3/c1-14(7-3-6-11(14)15)13(19)16-10-5-2-4-9(8-10)12(17)18/h2,4-5,8,11H,3,6-7,15H2,1H3,(H,16,19)(H,17,18). The second-order valence-electron chi connectivity index (χ2n) is 5.26. The fourth-order valence-corrected chi connectivity index (χ4v) is 2.48. The topological polar surface area (TPSA) is 92.4 Å². The van der Waals surface area contributed by atoms with Crippen LogP contribution in [-0.4, -0.2) is 23.0 Å². The van der Waals surface area contributed by atoms with E-state index in [0.29, 0.717) is 5.69 Å². The molecule has 1 aliphatic rings. The highest BCUT2D eigenvalue weighted by Crippen LogP contribution is 2.37. The summed E-state index contributed by atoms with van der Waals surface area (Å²) in [6, 6.07) is 6.07. The number of carboxylic acid groups (broad SMARTS) is 1. The number of benzene rings is 1. The van der Waals surface area contributed by atoms with Crippen molar-refractivity contribution in [2.75, 3.05) is 5.32 Å². The largest absolute Gasteiger partial charge is 0.478 e. The summed E-state index contributed by atoms with van der Waals surface area (Å²) in [4.78, 5) is 23.2. The number of anilines is 1. The van der Waals surface area contributed by atoms with Crippen molar-refractivity contribution < 1.29 is 14.7 Å². The molecule has 0 aromatic heterocycles. The summed E-state index contributed by atoms with van der Waals surface area (Å²) < 4.78 is 0. The van der Waals surface area contributed by atoms with Crippen LogP contribution in [0.4, 0.5) is 5.69 Å². The number of carbonyl (C=O) groups excluding carboxylic acids is 1. The highest BCUT2D eigenvalue weighted by Gasteiger charge is 2.42. The number of carboxylic acids is 1. The van der Waals surface area contributed by atoms with Gasteiger partial charge in [0.2, 0.25) is 5.91 Å². The van der Waals surface area contributed by atoms with Gasteiger partial charge in [0.15, 0.2) is 0 Å². The highest BCUT2D eigenvalue weighted by molar-refractivity contribution is 5.97. The molecule has 0 heterocycles. The van der Waals surface area contributed by atoms with E-state index >= 15 is 0 Å². The van der Waals surface area contributed by atoms with Crippen molar-refractivity contribution >= 4 is 17.6 Å². The van der Waals surface area contributed by atoms with Crippen LogP contribution in [0.25, 0.3) is 0 Å². The molecule has 2 rings (SSSR count). The van der Waals surface area contributed by atoms with Gasteiger partial charge in [0.1, 0.15) is 0 Å². The van der Waals surface area contributed by atoms with Crippen molar-refractivity contribution in [2.24, 2.45) is 11.1 Å². The third-order valence-corrected chi connectivity index (χ3v) is 3.92. The first-order valence-electron chi connectivity index (χ1n) is 6.34. The van der Waals surface area contributed by atoms with Gasteiger partial charge in [-0.3, -0.25) is 4.79 Å². The molecule has 2 unspecified atom stereocenters. The third-order valence-electron chi connectivity index (χ3n) is 3.92. The summed E-state index contributed by atoms with van der Waals surface area (Å²) in [7, 11) is 0. The third kappa shape index (κ3) is 2.61. The molecule has 102 valence electrons. The Bertz CT molecular complexity index is 515. The van der Waals surface area contributed by atoms with Crippen molar-refractivity contribution in [2.45, 2.75) is 32.2 Å². The van der Waals surface area contributed by atoms with Gasteiger partial charge in [-0.15, -0.1) is 0 Å². The van der Waals surface area contributed by atoms with Gasteiger partial charge in [-0.05, 0) is 38.0 Å². The molecule has 0 radical (unpaired) electrons. The van der Waals surface area contributed by atoms with Crippen LogP contribution in [0.3, 0.4) is 0 Å². The smallest absolute Gasteiger partial charge is 0.335 e. The first-order valence-corrected chi connectivity index (χ1v) is 6.34. The lowest BCUT2D eigenvalue weighted by Gasteiger charge is -2.27. The second kappa shape index (κ2) is 5.01. The van der Waals surface area contributed by atoms with Gasteiger partial charge in [0, 0.05) is 11.7 Å². The van der Waals surface area contributed by atoms with Gasteiger partial charge >= 0.3 is 5.97 Å². The lowest BCUT2D eigenvalue weighted by atomic mass is 9.84. The fourth-order valence-electron chi connectivity index (χ4n) is 2.48. The van der Waals surface area contributed by atoms with Crippen LogP contribution >= 0.6 is 0 Å². The fraction of sp³-hybridized carbons (Fsp3) is 0.429. The van der Waals surface area contributed by atoms with E-state index in [1.165, 1.54) is 12.1 Å². The summed E-state index contributed by atoms with van der Waals surface area (Å²) in [5, 5.41) is 11.7. The lowest BCUT2D eigenvalue weighted by molar-refractivity contribution is -0.125. The van der Waals surface area contributed by atoms with E-state index in [4.69, 9.17) is 10.8 Å². The summed E-state index contributed by atoms with van der Waals surface area (Å²) in [5.74, 6) is -1.15. The monoisotopic (exact) mass is 262 g/mol. The SMILES string of the molecule is CC1(C(=O)Nc2cccc(C(=O)O)c2)CCCC1N. The molecule has 1 aromatic rings. The van der Waals surface area contributed by atoms with Crippen LogP contribution in [0.1, 0.15) is 36.5 Å². The molecule has 4 N–H and O–H groups in total. The maximum absolute atomic E-state index is 12.3. The van der Waals surface area contributed by atoms with Crippen LogP contribution in [0.2, 0.25) is 0 Å². The molecule has 0 spiro atoms. The number of aromatic carboxylic acids is 1. The summed E-state index contributed by atoms with van der Waals surface area (Å²) >= 11 is 0. The molecule has 1 amide bonds. The minimum atomic E-state index is -1.01. The number of rotatable bonds is 3. The van der Waals surface area contributed by atoms with Gasteiger partial charge in [-0.2, -0.15) is 0 Å². The quantitative estimate of drug-likeness (QED) is 0.775. The lowest BCUT2D eigenvalue weighted by Crippen LogP contribution is -2.44. The van der Waals surface area contributed by atoms with Gasteiger partial charge in [0.25, 0.3) is 0 Å². The summed E-state index contributed by atoms with van der Waals surface area (Å²) in [5.41, 5.74) is 6.06.